The van der Waals surface area contributed by atoms with Crippen molar-refractivity contribution in [1.82, 2.24) is 0 Å². The van der Waals surface area contributed by atoms with Crippen molar-refractivity contribution in [3.05, 3.63) is 10.5 Å². The summed E-state index contributed by atoms with van der Waals surface area (Å²) < 4.78 is 0.285. The van der Waals surface area contributed by atoms with Crippen LogP contribution >= 0.6 is 11.8 Å². The monoisotopic (exact) mass is 152 g/mol. The van der Waals surface area contributed by atoms with Gasteiger partial charge in [0.25, 0.3) is 0 Å². The number of hydrogen-bond acceptors (Lipinski definition) is 1. The van der Waals surface area contributed by atoms with Crippen LogP contribution < -0.4 is 0 Å². The Bertz CT molecular complexity index is 235. The Morgan fingerprint density at radius 2 is 2.00 bits per heavy atom. The minimum atomic E-state index is 0.285. The minimum absolute atomic E-state index is 0.285. The third-order valence-electron chi connectivity index (χ3n) is 1.61. The van der Waals surface area contributed by atoms with Crippen molar-refractivity contribution in [1.29, 1.82) is 0 Å². The van der Waals surface area contributed by atoms with E-state index in [0.29, 0.717) is 0 Å². The molecule has 0 aromatic rings. The fraction of sp³-hybridized carbons (Fsp3) is 0.556. The molecule has 0 bridgehead atoms. The molecule has 54 valence electrons. The predicted octanol–water partition coefficient (Wildman–Crippen LogP) is 2.81. The van der Waals surface area contributed by atoms with Gasteiger partial charge in [-0.2, -0.15) is 0 Å². The highest BCUT2D eigenvalue weighted by Gasteiger charge is 2.34. The summed E-state index contributed by atoms with van der Waals surface area (Å²) in [6.07, 6.45) is 0. The van der Waals surface area contributed by atoms with E-state index in [0.717, 1.165) is 0 Å². The fourth-order valence-electron chi connectivity index (χ4n) is 1.23. The number of thioether (sulfide) groups is 1. The lowest BCUT2D eigenvalue weighted by Crippen LogP contribution is -2.26. The predicted molar refractivity (Wildman–Crippen MR) is 47.8 cm³/mol. The molecule has 0 aromatic heterocycles. The topological polar surface area (TPSA) is 0 Å². The van der Waals surface area contributed by atoms with Crippen molar-refractivity contribution in [3.63, 3.8) is 0 Å². The van der Waals surface area contributed by atoms with Crippen LogP contribution in [0.3, 0.4) is 0 Å². The van der Waals surface area contributed by atoms with E-state index < -0.39 is 0 Å². The summed E-state index contributed by atoms with van der Waals surface area (Å²) in [5, 5.41) is 0. The van der Waals surface area contributed by atoms with Crippen LogP contribution in [-0.4, -0.2) is 4.75 Å². The molecule has 0 radical (unpaired) electrons. The first-order chi connectivity index (χ1) is 4.58. The van der Waals surface area contributed by atoms with Gasteiger partial charge in [-0.3, -0.25) is 0 Å². The zero-order chi connectivity index (χ0) is 7.78. The summed E-state index contributed by atoms with van der Waals surface area (Å²) in [6.45, 7) is 8.45. The summed E-state index contributed by atoms with van der Waals surface area (Å²) in [5.41, 5.74) is 1.32. The van der Waals surface area contributed by atoms with E-state index in [9.17, 15) is 0 Å². The van der Waals surface area contributed by atoms with Crippen LogP contribution in [0, 0.1) is 11.8 Å². The average Bonchev–Trinajstić information content (AvgIpc) is 1.82. The summed E-state index contributed by atoms with van der Waals surface area (Å²) in [5.74, 6) is 6.07. The quantitative estimate of drug-likeness (QED) is 0.481. The molecule has 0 nitrogen and oxygen atoms in total. The zero-order valence-electron chi connectivity index (χ0n) is 6.91. The van der Waals surface area contributed by atoms with E-state index in [4.69, 9.17) is 0 Å². The molecule has 1 heterocycles. The lowest BCUT2D eigenvalue weighted by molar-refractivity contribution is 0.837. The Morgan fingerprint density at radius 3 is 2.20 bits per heavy atom. The van der Waals surface area contributed by atoms with Crippen LogP contribution in [0.2, 0.25) is 0 Å². The van der Waals surface area contributed by atoms with E-state index >= 15 is 0 Å². The molecule has 1 aliphatic heterocycles. The first kappa shape index (κ1) is 7.75. The third-order valence-corrected chi connectivity index (χ3v) is 2.84. The summed E-state index contributed by atoms with van der Waals surface area (Å²) in [7, 11) is 0. The van der Waals surface area contributed by atoms with Gasteiger partial charge in [0, 0.05) is 10.3 Å². The van der Waals surface area contributed by atoms with Crippen LogP contribution in [0.5, 0.6) is 0 Å². The molecule has 0 saturated heterocycles. The van der Waals surface area contributed by atoms with Crippen LogP contribution in [0.25, 0.3) is 0 Å². The molecule has 0 spiro atoms. The van der Waals surface area contributed by atoms with Gasteiger partial charge in [-0.05, 0) is 32.6 Å². The highest BCUT2D eigenvalue weighted by Crippen LogP contribution is 2.49. The Labute approximate surface area is 67.1 Å². The Hall–Kier alpha value is -0.350. The summed E-state index contributed by atoms with van der Waals surface area (Å²) in [4.78, 5) is 1.39. The largest absolute Gasteiger partial charge is 0.118 e. The van der Waals surface area contributed by atoms with Crippen molar-refractivity contribution in [3.8, 4) is 11.8 Å². The average molecular weight is 152 g/mol. The van der Waals surface area contributed by atoms with Gasteiger partial charge in [-0.25, -0.2) is 0 Å². The fourth-order valence-corrected chi connectivity index (χ4v) is 2.55. The standard InChI is InChI=1S/C9H12S/c1-5-6-8-7(2)10-9(8,3)4/h1-4H3. The molecule has 1 rings (SSSR count). The Morgan fingerprint density at radius 1 is 1.40 bits per heavy atom. The molecule has 1 heteroatoms. The first-order valence-electron chi connectivity index (χ1n) is 3.41. The van der Waals surface area contributed by atoms with Crippen LogP contribution in [0.15, 0.2) is 10.5 Å². The highest BCUT2D eigenvalue weighted by atomic mass is 32.2. The molecule has 1 aliphatic rings. The minimum Gasteiger partial charge on any atom is -0.118 e. The molecule has 0 aliphatic carbocycles. The number of hydrogen-bond donors (Lipinski definition) is 0. The van der Waals surface area contributed by atoms with Gasteiger partial charge in [0.05, 0.1) is 0 Å². The van der Waals surface area contributed by atoms with Crippen molar-refractivity contribution in [2.45, 2.75) is 32.4 Å². The third kappa shape index (κ3) is 1.09. The van der Waals surface area contributed by atoms with Gasteiger partial charge in [0.2, 0.25) is 0 Å². The summed E-state index contributed by atoms with van der Waals surface area (Å²) in [6, 6.07) is 0. The smallest absolute Gasteiger partial charge is 0.0483 e. The normalized spacial score (nSPS) is 21.2. The molecule has 0 unspecified atom stereocenters. The maximum Gasteiger partial charge on any atom is 0.0483 e. The van der Waals surface area contributed by atoms with Crippen molar-refractivity contribution in [2.75, 3.05) is 0 Å². The van der Waals surface area contributed by atoms with Gasteiger partial charge in [0.1, 0.15) is 0 Å². The van der Waals surface area contributed by atoms with E-state index in [1.807, 2.05) is 18.7 Å². The van der Waals surface area contributed by atoms with Gasteiger partial charge in [0.15, 0.2) is 0 Å². The second-order valence-electron chi connectivity index (χ2n) is 2.92. The molecule has 0 atom stereocenters. The van der Waals surface area contributed by atoms with Crippen LogP contribution in [-0.2, 0) is 0 Å². The molecule has 0 amide bonds. The molecule has 10 heavy (non-hydrogen) atoms. The molecule has 0 aromatic carbocycles. The number of rotatable bonds is 0. The Kier molecular flexibility index (Phi) is 1.83. The van der Waals surface area contributed by atoms with Crippen molar-refractivity contribution < 1.29 is 0 Å². The number of allylic oxidation sites excluding steroid dienone is 1. The molecular formula is C9H12S. The van der Waals surface area contributed by atoms with Gasteiger partial charge >= 0.3 is 0 Å². The van der Waals surface area contributed by atoms with Crippen molar-refractivity contribution in [2.24, 2.45) is 0 Å². The van der Waals surface area contributed by atoms with E-state index in [2.05, 4.69) is 32.6 Å². The Balaban J connectivity index is 2.90. The first-order valence-corrected chi connectivity index (χ1v) is 4.22. The molecule has 0 saturated carbocycles. The second-order valence-corrected chi connectivity index (χ2v) is 4.76. The maximum absolute atomic E-state index is 3.13. The lowest BCUT2D eigenvalue weighted by Gasteiger charge is -2.35. The van der Waals surface area contributed by atoms with Crippen molar-refractivity contribution >= 4 is 11.8 Å². The second kappa shape index (κ2) is 2.36. The van der Waals surface area contributed by atoms with Gasteiger partial charge in [-0.1, -0.05) is 5.92 Å². The van der Waals surface area contributed by atoms with Crippen LogP contribution in [0.4, 0.5) is 0 Å². The van der Waals surface area contributed by atoms with Crippen LogP contribution in [0.1, 0.15) is 27.7 Å². The van der Waals surface area contributed by atoms with Gasteiger partial charge < -0.3 is 0 Å². The molecule has 0 N–H and O–H groups in total. The molecule has 0 fully saturated rings. The maximum atomic E-state index is 3.13. The van der Waals surface area contributed by atoms with Gasteiger partial charge in [-0.15, -0.1) is 17.7 Å². The lowest BCUT2D eigenvalue weighted by atomic mass is 10.0. The van der Waals surface area contributed by atoms with E-state index in [1.165, 1.54) is 10.5 Å². The highest BCUT2D eigenvalue weighted by molar-refractivity contribution is 8.06. The SMILES string of the molecule is CC#CC1=C(C)SC1(C)C. The zero-order valence-corrected chi connectivity index (χ0v) is 7.72. The van der Waals surface area contributed by atoms with E-state index in [1.54, 1.807) is 0 Å². The van der Waals surface area contributed by atoms with E-state index in [-0.39, 0.29) is 4.75 Å². The molecular weight excluding hydrogens is 140 g/mol. The summed E-state index contributed by atoms with van der Waals surface area (Å²) >= 11 is 1.91.